The molecule has 0 N–H and O–H groups in total. The molecule has 0 aliphatic heterocycles. The number of nitrogens with zero attached hydrogens (tertiary/aromatic N) is 1. The Kier molecular flexibility index (Phi) is 8.11. The number of ether oxygens (including phenoxy) is 3. The third-order valence-electron chi connectivity index (χ3n) is 4.24. The van der Waals surface area contributed by atoms with Crippen LogP contribution in [-0.2, 0) is 6.54 Å². The summed E-state index contributed by atoms with van der Waals surface area (Å²) in [6.07, 6.45) is 1.68. The predicted octanol–water partition coefficient (Wildman–Crippen LogP) is 4.68. The standard InChI is InChI=1S/C22H28FNO4/c1-5-11-24(22(25)18-14-17(23)8-10-19(18)26-3)15-16-7-9-20(28-12-6-2)21(13-16)27-4/h7-10,13-14H,5-6,11-12,15H2,1-4H3. The van der Waals surface area contributed by atoms with Gasteiger partial charge in [0.1, 0.15) is 11.6 Å². The fourth-order valence-corrected chi connectivity index (χ4v) is 2.90. The van der Waals surface area contributed by atoms with Crippen molar-refractivity contribution in [3.63, 3.8) is 0 Å². The molecule has 0 spiro atoms. The summed E-state index contributed by atoms with van der Waals surface area (Å²) in [6, 6.07) is 9.58. The normalized spacial score (nSPS) is 10.5. The van der Waals surface area contributed by atoms with Gasteiger partial charge in [-0.25, -0.2) is 4.39 Å². The summed E-state index contributed by atoms with van der Waals surface area (Å²) in [5.41, 5.74) is 1.11. The van der Waals surface area contributed by atoms with E-state index in [2.05, 4.69) is 0 Å². The average molecular weight is 389 g/mol. The van der Waals surface area contributed by atoms with E-state index in [-0.39, 0.29) is 11.5 Å². The quantitative estimate of drug-likeness (QED) is 0.592. The molecular formula is C22H28FNO4. The summed E-state index contributed by atoms with van der Waals surface area (Å²) in [5, 5.41) is 0. The Morgan fingerprint density at radius 3 is 2.32 bits per heavy atom. The zero-order valence-electron chi connectivity index (χ0n) is 17.0. The Morgan fingerprint density at radius 1 is 0.964 bits per heavy atom. The summed E-state index contributed by atoms with van der Waals surface area (Å²) in [7, 11) is 3.05. The molecular weight excluding hydrogens is 361 g/mol. The highest BCUT2D eigenvalue weighted by Gasteiger charge is 2.21. The highest BCUT2D eigenvalue weighted by atomic mass is 19.1. The lowest BCUT2D eigenvalue weighted by Crippen LogP contribution is -2.31. The van der Waals surface area contributed by atoms with Crippen molar-refractivity contribution in [3.8, 4) is 17.2 Å². The van der Waals surface area contributed by atoms with Gasteiger partial charge in [0, 0.05) is 13.1 Å². The maximum Gasteiger partial charge on any atom is 0.258 e. The van der Waals surface area contributed by atoms with Gasteiger partial charge in [-0.2, -0.15) is 0 Å². The number of rotatable bonds is 10. The van der Waals surface area contributed by atoms with Crippen LogP contribution in [0.2, 0.25) is 0 Å². The number of benzene rings is 2. The maximum atomic E-state index is 13.7. The van der Waals surface area contributed by atoms with Gasteiger partial charge in [-0.05, 0) is 48.7 Å². The van der Waals surface area contributed by atoms with Crippen molar-refractivity contribution in [2.24, 2.45) is 0 Å². The van der Waals surface area contributed by atoms with Gasteiger partial charge in [-0.15, -0.1) is 0 Å². The van der Waals surface area contributed by atoms with E-state index in [0.29, 0.717) is 36.9 Å². The number of hydrogen-bond acceptors (Lipinski definition) is 4. The number of hydrogen-bond donors (Lipinski definition) is 0. The Balaban J connectivity index is 2.27. The Morgan fingerprint density at radius 2 is 1.68 bits per heavy atom. The summed E-state index contributed by atoms with van der Waals surface area (Å²) < 4.78 is 30.1. The molecule has 0 fully saturated rings. The summed E-state index contributed by atoms with van der Waals surface area (Å²) in [6.45, 7) is 5.54. The fourth-order valence-electron chi connectivity index (χ4n) is 2.90. The first-order valence-electron chi connectivity index (χ1n) is 9.46. The zero-order chi connectivity index (χ0) is 20.5. The molecule has 2 rings (SSSR count). The minimum Gasteiger partial charge on any atom is -0.496 e. The molecule has 152 valence electrons. The molecule has 0 aliphatic carbocycles. The number of amides is 1. The number of halogens is 1. The highest BCUT2D eigenvalue weighted by molar-refractivity contribution is 5.97. The summed E-state index contributed by atoms with van der Waals surface area (Å²) in [4.78, 5) is 14.7. The van der Waals surface area contributed by atoms with Gasteiger partial charge in [-0.1, -0.05) is 19.9 Å². The van der Waals surface area contributed by atoms with Crippen LogP contribution in [0.25, 0.3) is 0 Å². The van der Waals surface area contributed by atoms with Crippen molar-refractivity contribution in [1.82, 2.24) is 4.90 Å². The van der Waals surface area contributed by atoms with Crippen LogP contribution in [-0.4, -0.2) is 38.2 Å². The largest absolute Gasteiger partial charge is 0.496 e. The second kappa shape index (κ2) is 10.5. The van der Waals surface area contributed by atoms with Crippen molar-refractivity contribution < 1.29 is 23.4 Å². The minimum absolute atomic E-state index is 0.214. The Labute approximate surface area is 166 Å². The third kappa shape index (κ3) is 5.38. The monoisotopic (exact) mass is 389 g/mol. The molecule has 28 heavy (non-hydrogen) atoms. The van der Waals surface area contributed by atoms with Crippen LogP contribution in [0.1, 0.15) is 42.6 Å². The molecule has 2 aromatic carbocycles. The second-order valence-corrected chi connectivity index (χ2v) is 6.40. The summed E-state index contributed by atoms with van der Waals surface area (Å²) >= 11 is 0. The van der Waals surface area contributed by atoms with Crippen molar-refractivity contribution >= 4 is 5.91 Å². The van der Waals surface area contributed by atoms with Gasteiger partial charge in [0.15, 0.2) is 11.5 Å². The van der Waals surface area contributed by atoms with Gasteiger partial charge < -0.3 is 19.1 Å². The van der Waals surface area contributed by atoms with E-state index >= 15 is 0 Å². The van der Waals surface area contributed by atoms with Crippen molar-refractivity contribution in [2.45, 2.75) is 33.2 Å². The van der Waals surface area contributed by atoms with Crippen LogP contribution in [0.5, 0.6) is 17.2 Å². The first-order chi connectivity index (χ1) is 13.5. The SMILES string of the molecule is CCCOc1ccc(CN(CCC)C(=O)c2cc(F)ccc2OC)cc1OC. The van der Waals surface area contributed by atoms with Crippen LogP contribution >= 0.6 is 0 Å². The first-order valence-corrected chi connectivity index (χ1v) is 9.46. The molecule has 6 heteroatoms. The highest BCUT2D eigenvalue weighted by Crippen LogP contribution is 2.29. The van der Waals surface area contributed by atoms with E-state index in [1.54, 1.807) is 12.0 Å². The molecule has 0 aromatic heterocycles. The van der Waals surface area contributed by atoms with Crippen LogP contribution in [0.3, 0.4) is 0 Å². The fraction of sp³-hybridized carbons (Fsp3) is 0.409. The van der Waals surface area contributed by atoms with E-state index < -0.39 is 5.82 Å². The molecule has 0 unspecified atom stereocenters. The van der Waals surface area contributed by atoms with Crippen molar-refractivity contribution in [1.29, 1.82) is 0 Å². The second-order valence-electron chi connectivity index (χ2n) is 6.40. The molecule has 0 aliphatic rings. The lowest BCUT2D eigenvalue weighted by molar-refractivity contribution is 0.0739. The first kappa shape index (κ1) is 21.5. The molecule has 0 heterocycles. The Hall–Kier alpha value is -2.76. The number of methoxy groups -OCH3 is 2. The zero-order valence-corrected chi connectivity index (χ0v) is 17.0. The van der Waals surface area contributed by atoms with Crippen molar-refractivity contribution in [2.75, 3.05) is 27.4 Å². The lowest BCUT2D eigenvalue weighted by Gasteiger charge is -2.24. The molecule has 0 atom stereocenters. The molecule has 0 bridgehead atoms. The van der Waals surface area contributed by atoms with Crippen LogP contribution in [0.15, 0.2) is 36.4 Å². The molecule has 0 saturated carbocycles. The van der Waals surface area contributed by atoms with E-state index in [1.165, 1.54) is 25.3 Å². The van der Waals surface area contributed by atoms with E-state index in [0.717, 1.165) is 18.4 Å². The minimum atomic E-state index is -0.473. The smallest absolute Gasteiger partial charge is 0.258 e. The van der Waals surface area contributed by atoms with E-state index in [9.17, 15) is 9.18 Å². The predicted molar refractivity (Wildman–Crippen MR) is 107 cm³/mol. The average Bonchev–Trinajstić information content (AvgIpc) is 2.71. The van der Waals surface area contributed by atoms with E-state index in [4.69, 9.17) is 14.2 Å². The molecule has 0 saturated heterocycles. The van der Waals surface area contributed by atoms with Gasteiger partial charge >= 0.3 is 0 Å². The Bertz CT molecular complexity index is 794. The number of carbonyl (C=O) groups is 1. The van der Waals surface area contributed by atoms with Crippen molar-refractivity contribution in [3.05, 3.63) is 53.3 Å². The van der Waals surface area contributed by atoms with Gasteiger partial charge in [0.25, 0.3) is 5.91 Å². The number of carbonyl (C=O) groups excluding carboxylic acids is 1. The summed E-state index contributed by atoms with van der Waals surface area (Å²) in [5.74, 6) is 0.906. The van der Waals surface area contributed by atoms with Gasteiger partial charge in [0.05, 0.1) is 26.4 Å². The van der Waals surface area contributed by atoms with Gasteiger partial charge in [-0.3, -0.25) is 4.79 Å². The van der Waals surface area contributed by atoms with E-state index in [1.807, 2.05) is 32.0 Å². The molecule has 5 nitrogen and oxygen atoms in total. The maximum absolute atomic E-state index is 13.7. The van der Waals surface area contributed by atoms with Crippen LogP contribution in [0, 0.1) is 5.82 Å². The molecule has 1 amide bonds. The van der Waals surface area contributed by atoms with Crippen LogP contribution < -0.4 is 14.2 Å². The lowest BCUT2D eigenvalue weighted by atomic mass is 10.1. The molecule has 2 aromatic rings. The van der Waals surface area contributed by atoms with Gasteiger partial charge in [0.2, 0.25) is 0 Å². The third-order valence-corrected chi connectivity index (χ3v) is 4.24. The topological polar surface area (TPSA) is 48.0 Å². The van der Waals surface area contributed by atoms with Crippen LogP contribution in [0.4, 0.5) is 4.39 Å². The molecule has 0 radical (unpaired) electrons.